The largest absolute Gasteiger partial charge is 0.378 e. The number of hydrogen-bond donors (Lipinski definition) is 0. The summed E-state index contributed by atoms with van der Waals surface area (Å²) in [7, 11) is 0.537. The van der Waals surface area contributed by atoms with E-state index in [4.69, 9.17) is 18.6 Å². The Kier molecular flexibility index (Phi) is 8.24. The summed E-state index contributed by atoms with van der Waals surface area (Å²) in [5.74, 6) is -1.06. The van der Waals surface area contributed by atoms with Gasteiger partial charge < -0.3 is 18.6 Å². The lowest BCUT2D eigenvalue weighted by Crippen LogP contribution is -2.53. The third-order valence-corrected chi connectivity index (χ3v) is 2.79. The maximum atomic E-state index is 5.87. The van der Waals surface area contributed by atoms with Crippen molar-refractivity contribution in [2.45, 2.75) is 72.2 Å². The average Bonchev–Trinajstić information content (AvgIpc) is 2.23. The standard InChI is InChI=1S/C12H28O4Si/c1-7-11(13-8-2)12(16-17,14-9(3)4)15-10(5)6/h9-11H,7-8H2,1-6,17H3. The van der Waals surface area contributed by atoms with E-state index in [-0.39, 0.29) is 18.3 Å². The first-order valence-electron chi connectivity index (χ1n) is 6.44. The van der Waals surface area contributed by atoms with Gasteiger partial charge in [-0.05, 0) is 41.0 Å². The summed E-state index contributed by atoms with van der Waals surface area (Å²) in [4.78, 5) is 0. The van der Waals surface area contributed by atoms with Gasteiger partial charge in [0.05, 0.1) is 12.2 Å². The van der Waals surface area contributed by atoms with Gasteiger partial charge in [-0.3, -0.25) is 0 Å². The van der Waals surface area contributed by atoms with Crippen molar-refractivity contribution in [3.63, 3.8) is 0 Å². The van der Waals surface area contributed by atoms with Gasteiger partial charge in [-0.1, -0.05) is 6.92 Å². The van der Waals surface area contributed by atoms with Crippen LogP contribution in [0.5, 0.6) is 0 Å². The van der Waals surface area contributed by atoms with Crippen molar-refractivity contribution in [2.24, 2.45) is 0 Å². The molecular formula is C12H28O4Si. The maximum absolute atomic E-state index is 5.87. The van der Waals surface area contributed by atoms with Crippen LogP contribution in [0.15, 0.2) is 0 Å². The van der Waals surface area contributed by atoms with Crippen LogP contribution in [0.25, 0.3) is 0 Å². The molecule has 0 radical (unpaired) electrons. The molecule has 0 amide bonds. The molecule has 4 nitrogen and oxygen atoms in total. The van der Waals surface area contributed by atoms with Gasteiger partial charge in [0.15, 0.2) is 10.5 Å². The van der Waals surface area contributed by atoms with Crippen LogP contribution < -0.4 is 0 Å². The lowest BCUT2D eigenvalue weighted by Gasteiger charge is -2.40. The summed E-state index contributed by atoms with van der Waals surface area (Å²) < 4.78 is 23.1. The molecule has 0 saturated carbocycles. The minimum atomic E-state index is -1.06. The van der Waals surface area contributed by atoms with Crippen LogP contribution in [-0.2, 0) is 18.6 Å². The summed E-state index contributed by atoms with van der Waals surface area (Å²) in [6, 6.07) is 0. The molecule has 0 saturated heterocycles. The van der Waals surface area contributed by atoms with Crippen molar-refractivity contribution in [3.05, 3.63) is 0 Å². The van der Waals surface area contributed by atoms with Gasteiger partial charge in [-0.15, -0.1) is 0 Å². The third-order valence-electron chi connectivity index (χ3n) is 2.22. The number of hydrogen-bond acceptors (Lipinski definition) is 4. The zero-order valence-corrected chi connectivity index (χ0v) is 14.3. The second kappa shape index (κ2) is 8.21. The lowest BCUT2D eigenvalue weighted by atomic mass is 10.2. The fraction of sp³-hybridized carbons (Fsp3) is 1.00. The molecule has 0 aliphatic carbocycles. The monoisotopic (exact) mass is 264 g/mol. The number of ether oxygens (including phenoxy) is 3. The van der Waals surface area contributed by atoms with E-state index in [1.165, 1.54) is 0 Å². The molecule has 1 atom stereocenters. The van der Waals surface area contributed by atoms with E-state index in [2.05, 4.69) is 0 Å². The van der Waals surface area contributed by atoms with Crippen molar-refractivity contribution in [3.8, 4) is 0 Å². The molecule has 0 fully saturated rings. The summed E-state index contributed by atoms with van der Waals surface area (Å²) >= 11 is 0. The van der Waals surface area contributed by atoms with E-state index < -0.39 is 5.97 Å². The van der Waals surface area contributed by atoms with E-state index >= 15 is 0 Å². The Hall–Kier alpha value is 0.0569. The molecule has 0 rings (SSSR count). The molecule has 0 aliphatic rings. The van der Waals surface area contributed by atoms with Gasteiger partial charge in [0, 0.05) is 6.61 Å². The smallest absolute Gasteiger partial charge is 0.301 e. The highest BCUT2D eigenvalue weighted by Crippen LogP contribution is 2.27. The summed E-state index contributed by atoms with van der Waals surface area (Å²) in [6.45, 7) is 12.5. The van der Waals surface area contributed by atoms with Crippen LogP contribution in [0, 0.1) is 0 Å². The second-order valence-corrected chi connectivity index (χ2v) is 4.90. The number of rotatable bonds is 9. The highest BCUT2D eigenvalue weighted by Gasteiger charge is 2.43. The zero-order valence-electron chi connectivity index (χ0n) is 12.3. The topological polar surface area (TPSA) is 36.9 Å². The zero-order chi connectivity index (χ0) is 13.5. The Morgan fingerprint density at radius 1 is 1.00 bits per heavy atom. The first kappa shape index (κ1) is 17.1. The molecular weight excluding hydrogens is 236 g/mol. The van der Waals surface area contributed by atoms with Crippen molar-refractivity contribution < 1.29 is 18.6 Å². The molecule has 0 bridgehead atoms. The second-order valence-electron chi connectivity index (χ2n) is 4.49. The fourth-order valence-electron chi connectivity index (χ4n) is 1.74. The minimum absolute atomic E-state index is 0.0252. The minimum Gasteiger partial charge on any atom is -0.378 e. The molecule has 0 spiro atoms. The van der Waals surface area contributed by atoms with Crippen LogP contribution in [0.3, 0.4) is 0 Å². The molecule has 0 aliphatic heterocycles. The predicted octanol–water partition coefficient (Wildman–Crippen LogP) is 1.60. The van der Waals surface area contributed by atoms with Gasteiger partial charge >= 0.3 is 5.97 Å². The summed E-state index contributed by atoms with van der Waals surface area (Å²) in [5, 5.41) is 0. The Labute approximate surface area is 109 Å². The Morgan fingerprint density at radius 2 is 1.47 bits per heavy atom. The molecule has 0 aromatic carbocycles. The van der Waals surface area contributed by atoms with E-state index in [9.17, 15) is 0 Å². The van der Waals surface area contributed by atoms with E-state index in [1.807, 2.05) is 41.5 Å². The van der Waals surface area contributed by atoms with E-state index in [1.54, 1.807) is 0 Å². The Bertz CT molecular complexity index is 187. The Morgan fingerprint density at radius 3 is 1.71 bits per heavy atom. The van der Waals surface area contributed by atoms with Crippen molar-refractivity contribution in [1.29, 1.82) is 0 Å². The van der Waals surface area contributed by atoms with Gasteiger partial charge in [0.1, 0.15) is 6.10 Å². The van der Waals surface area contributed by atoms with Crippen molar-refractivity contribution in [2.75, 3.05) is 6.61 Å². The van der Waals surface area contributed by atoms with Gasteiger partial charge in [-0.25, -0.2) is 0 Å². The van der Waals surface area contributed by atoms with Crippen molar-refractivity contribution >= 4 is 10.5 Å². The molecule has 0 aromatic rings. The Balaban J connectivity index is 4.98. The molecule has 0 aromatic heterocycles. The normalized spacial score (nSPS) is 14.8. The average molecular weight is 264 g/mol. The van der Waals surface area contributed by atoms with Gasteiger partial charge in [0.25, 0.3) is 0 Å². The van der Waals surface area contributed by atoms with Gasteiger partial charge in [0.2, 0.25) is 0 Å². The highest BCUT2D eigenvalue weighted by molar-refractivity contribution is 5.98. The predicted molar refractivity (Wildman–Crippen MR) is 71.9 cm³/mol. The maximum Gasteiger partial charge on any atom is 0.301 e. The summed E-state index contributed by atoms with van der Waals surface area (Å²) in [5.41, 5.74) is 0. The molecule has 0 N–H and O–H groups in total. The molecule has 17 heavy (non-hydrogen) atoms. The first-order valence-corrected chi connectivity index (χ1v) is 7.25. The van der Waals surface area contributed by atoms with Gasteiger partial charge in [-0.2, -0.15) is 0 Å². The highest BCUT2D eigenvalue weighted by atomic mass is 28.2. The van der Waals surface area contributed by atoms with Crippen LogP contribution in [-0.4, -0.2) is 41.4 Å². The van der Waals surface area contributed by atoms with Crippen LogP contribution in [0.2, 0.25) is 0 Å². The lowest BCUT2D eigenvalue weighted by molar-refractivity contribution is -0.404. The molecule has 104 valence electrons. The third kappa shape index (κ3) is 5.48. The quantitative estimate of drug-likeness (QED) is 0.468. The molecule has 5 heteroatoms. The van der Waals surface area contributed by atoms with E-state index in [0.717, 1.165) is 6.42 Å². The molecule has 1 unspecified atom stereocenters. The van der Waals surface area contributed by atoms with Crippen LogP contribution >= 0.6 is 0 Å². The first-order chi connectivity index (χ1) is 7.91. The van der Waals surface area contributed by atoms with Crippen molar-refractivity contribution in [1.82, 2.24) is 0 Å². The fourth-order valence-corrected chi connectivity index (χ4v) is 2.19. The summed E-state index contributed by atoms with van der Waals surface area (Å²) in [6.07, 6.45) is 0.638. The molecule has 0 heterocycles. The SMILES string of the molecule is CCOC(CC)C(O[SiH3])(OC(C)C)OC(C)C. The van der Waals surface area contributed by atoms with Crippen LogP contribution in [0.1, 0.15) is 48.0 Å². The van der Waals surface area contributed by atoms with Crippen LogP contribution in [0.4, 0.5) is 0 Å². The van der Waals surface area contributed by atoms with E-state index in [0.29, 0.717) is 17.1 Å².